The largest absolute Gasteiger partial charge is 0.326 e. The summed E-state index contributed by atoms with van der Waals surface area (Å²) in [5.74, 6) is -1.06. The highest BCUT2D eigenvalue weighted by Crippen LogP contribution is 2.30. The number of anilines is 2. The van der Waals surface area contributed by atoms with Crippen LogP contribution in [-0.4, -0.2) is 17.7 Å². The van der Waals surface area contributed by atoms with Gasteiger partial charge in [-0.05, 0) is 42.3 Å². The summed E-state index contributed by atoms with van der Waals surface area (Å²) in [6.45, 7) is 1.40. The first kappa shape index (κ1) is 17.2. The van der Waals surface area contributed by atoms with Crippen LogP contribution in [0.1, 0.15) is 18.9 Å². The van der Waals surface area contributed by atoms with E-state index in [1.54, 1.807) is 36.4 Å². The van der Waals surface area contributed by atoms with E-state index >= 15 is 0 Å². The average Bonchev–Trinajstić information content (AvgIpc) is 2.83. The topological polar surface area (TPSA) is 66.5 Å². The Balaban J connectivity index is 1.79. The maximum Gasteiger partial charge on any atom is 0.237 e. The van der Waals surface area contributed by atoms with E-state index < -0.39 is 5.92 Å². The Labute approximate surface area is 150 Å². The second kappa shape index (κ2) is 7.07. The van der Waals surface area contributed by atoms with Crippen molar-refractivity contribution in [1.29, 1.82) is 0 Å². The Morgan fingerprint density at radius 2 is 1.92 bits per heavy atom. The highest BCUT2D eigenvalue weighted by atomic mass is 35.5. The van der Waals surface area contributed by atoms with Crippen LogP contribution in [0.3, 0.4) is 0 Å². The van der Waals surface area contributed by atoms with Crippen molar-refractivity contribution in [1.82, 2.24) is 0 Å². The van der Waals surface area contributed by atoms with Gasteiger partial charge in [-0.15, -0.1) is 0 Å². The highest BCUT2D eigenvalue weighted by molar-refractivity contribution is 6.30. The third kappa shape index (κ3) is 3.88. The summed E-state index contributed by atoms with van der Waals surface area (Å²) in [6, 6.07) is 14.0. The van der Waals surface area contributed by atoms with Gasteiger partial charge in [0.25, 0.3) is 0 Å². The molecule has 2 aromatic carbocycles. The third-order valence-electron chi connectivity index (χ3n) is 4.06. The first-order valence-electron chi connectivity index (χ1n) is 7.93. The van der Waals surface area contributed by atoms with E-state index in [-0.39, 0.29) is 24.1 Å². The summed E-state index contributed by atoms with van der Waals surface area (Å²) in [6.07, 6.45) is 0.662. The zero-order valence-electron chi connectivity index (χ0n) is 13.7. The Morgan fingerprint density at radius 3 is 2.60 bits per heavy atom. The van der Waals surface area contributed by atoms with Gasteiger partial charge in [-0.1, -0.05) is 29.8 Å². The summed E-state index contributed by atoms with van der Waals surface area (Å²) >= 11 is 5.87. The molecule has 0 bridgehead atoms. The van der Waals surface area contributed by atoms with Gasteiger partial charge in [-0.3, -0.25) is 19.3 Å². The fourth-order valence-corrected chi connectivity index (χ4v) is 3.08. The van der Waals surface area contributed by atoms with Gasteiger partial charge in [0.15, 0.2) is 0 Å². The molecular formula is C19H17ClN2O3. The van der Waals surface area contributed by atoms with Crippen molar-refractivity contribution in [2.24, 2.45) is 5.92 Å². The van der Waals surface area contributed by atoms with Crippen LogP contribution in [0, 0.1) is 5.92 Å². The number of rotatable bonds is 4. The van der Waals surface area contributed by atoms with Gasteiger partial charge in [0.2, 0.25) is 17.7 Å². The minimum Gasteiger partial charge on any atom is -0.326 e. The molecule has 1 heterocycles. The molecule has 0 aliphatic carbocycles. The number of carbonyl (C=O) groups is 3. The van der Waals surface area contributed by atoms with Crippen molar-refractivity contribution in [2.45, 2.75) is 19.8 Å². The number of nitrogens with zero attached hydrogens (tertiary/aromatic N) is 1. The van der Waals surface area contributed by atoms with Gasteiger partial charge in [-0.2, -0.15) is 0 Å². The molecule has 0 aromatic heterocycles. The highest BCUT2D eigenvalue weighted by Gasteiger charge is 2.39. The van der Waals surface area contributed by atoms with Crippen molar-refractivity contribution in [3.05, 3.63) is 59.1 Å². The summed E-state index contributed by atoms with van der Waals surface area (Å²) in [5, 5.41) is 3.29. The maximum atomic E-state index is 12.7. The average molecular weight is 357 g/mol. The van der Waals surface area contributed by atoms with Gasteiger partial charge in [-0.25, -0.2) is 0 Å². The minimum atomic E-state index is -0.391. The van der Waals surface area contributed by atoms with E-state index in [9.17, 15) is 14.4 Å². The SMILES string of the molecule is CC(=O)Nc1cccc(N2C(=O)C[C@H](Cc3ccc(Cl)cc3)C2=O)c1. The Bertz CT molecular complexity index is 833. The second-order valence-electron chi connectivity index (χ2n) is 6.03. The molecule has 0 radical (unpaired) electrons. The lowest BCUT2D eigenvalue weighted by atomic mass is 9.98. The predicted molar refractivity (Wildman–Crippen MR) is 96.5 cm³/mol. The maximum absolute atomic E-state index is 12.7. The van der Waals surface area contributed by atoms with Gasteiger partial charge in [0.05, 0.1) is 11.6 Å². The van der Waals surface area contributed by atoms with Crippen LogP contribution >= 0.6 is 11.6 Å². The summed E-state index contributed by atoms with van der Waals surface area (Å²) in [7, 11) is 0. The van der Waals surface area contributed by atoms with Crippen molar-refractivity contribution in [3.63, 3.8) is 0 Å². The predicted octanol–water partition coefficient (Wildman–Crippen LogP) is 3.42. The number of halogens is 1. The zero-order chi connectivity index (χ0) is 18.0. The van der Waals surface area contributed by atoms with Gasteiger partial charge in [0, 0.05) is 24.1 Å². The smallest absolute Gasteiger partial charge is 0.237 e. The van der Waals surface area contributed by atoms with Crippen LogP contribution in [0.25, 0.3) is 0 Å². The van der Waals surface area contributed by atoms with Crippen LogP contribution < -0.4 is 10.2 Å². The summed E-state index contributed by atoms with van der Waals surface area (Å²) < 4.78 is 0. The molecule has 0 saturated carbocycles. The van der Waals surface area contributed by atoms with Crippen molar-refractivity contribution in [3.8, 4) is 0 Å². The van der Waals surface area contributed by atoms with Crippen molar-refractivity contribution < 1.29 is 14.4 Å². The number of amides is 3. The van der Waals surface area contributed by atoms with Crippen LogP contribution in [0.15, 0.2) is 48.5 Å². The Kier molecular flexibility index (Phi) is 4.86. The molecule has 1 saturated heterocycles. The van der Waals surface area contributed by atoms with E-state index in [1.165, 1.54) is 11.8 Å². The van der Waals surface area contributed by atoms with Crippen LogP contribution in [-0.2, 0) is 20.8 Å². The molecule has 128 valence electrons. The Hall–Kier alpha value is -2.66. The molecule has 3 amide bonds. The normalized spacial score (nSPS) is 17.0. The first-order chi connectivity index (χ1) is 11.9. The van der Waals surface area contributed by atoms with E-state index in [1.807, 2.05) is 12.1 Å². The molecule has 0 spiro atoms. The summed E-state index contributed by atoms with van der Waals surface area (Å²) in [5.41, 5.74) is 1.98. The quantitative estimate of drug-likeness (QED) is 0.853. The first-order valence-corrected chi connectivity index (χ1v) is 8.31. The van der Waals surface area contributed by atoms with E-state index in [0.717, 1.165) is 5.56 Å². The fraction of sp³-hybridized carbons (Fsp3) is 0.211. The van der Waals surface area contributed by atoms with Gasteiger partial charge in [0.1, 0.15) is 0 Å². The number of benzene rings is 2. The van der Waals surface area contributed by atoms with Crippen LogP contribution in [0.2, 0.25) is 5.02 Å². The molecule has 0 unspecified atom stereocenters. The standard InChI is InChI=1S/C19H17ClN2O3/c1-12(23)21-16-3-2-4-17(11-16)22-18(24)10-14(19(22)25)9-13-5-7-15(20)8-6-13/h2-8,11,14H,9-10H2,1H3,(H,21,23)/t14-/m0/s1. The molecule has 5 nitrogen and oxygen atoms in total. The molecule has 6 heteroatoms. The molecule has 3 rings (SSSR count). The van der Waals surface area contributed by atoms with Gasteiger partial charge < -0.3 is 5.32 Å². The number of carbonyl (C=O) groups excluding carboxylic acids is 3. The minimum absolute atomic E-state index is 0.172. The third-order valence-corrected chi connectivity index (χ3v) is 4.31. The molecule has 2 aromatic rings. The molecule has 1 fully saturated rings. The lowest BCUT2D eigenvalue weighted by molar-refractivity contribution is -0.122. The number of hydrogen-bond acceptors (Lipinski definition) is 3. The summed E-state index contributed by atoms with van der Waals surface area (Å²) in [4.78, 5) is 37.5. The molecule has 1 aliphatic heterocycles. The van der Waals surface area contributed by atoms with Crippen molar-refractivity contribution in [2.75, 3.05) is 10.2 Å². The molecule has 25 heavy (non-hydrogen) atoms. The number of imide groups is 1. The lowest BCUT2D eigenvalue weighted by Gasteiger charge is -2.16. The number of nitrogens with one attached hydrogen (secondary N) is 1. The molecule has 1 atom stereocenters. The fourth-order valence-electron chi connectivity index (χ4n) is 2.96. The zero-order valence-corrected chi connectivity index (χ0v) is 14.4. The molecule has 1 aliphatic rings. The Morgan fingerprint density at radius 1 is 1.20 bits per heavy atom. The number of hydrogen-bond donors (Lipinski definition) is 1. The van der Waals surface area contributed by atoms with E-state index in [2.05, 4.69) is 5.32 Å². The second-order valence-corrected chi connectivity index (χ2v) is 6.47. The van der Waals surface area contributed by atoms with E-state index in [4.69, 9.17) is 11.6 Å². The van der Waals surface area contributed by atoms with Crippen LogP contribution in [0.4, 0.5) is 11.4 Å². The van der Waals surface area contributed by atoms with Crippen LogP contribution in [0.5, 0.6) is 0 Å². The van der Waals surface area contributed by atoms with Gasteiger partial charge >= 0.3 is 0 Å². The van der Waals surface area contributed by atoms with Crippen molar-refractivity contribution >= 4 is 40.7 Å². The monoisotopic (exact) mass is 356 g/mol. The molecular weight excluding hydrogens is 340 g/mol. The lowest BCUT2D eigenvalue weighted by Crippen LogP contribution is -2.30. The molecule has 1 N–H and O–H groups in total. The van der Waals surface area contributed by atoms with E-state index in [0.29, 0.717) is 22.8 Å².